The lowest BCUT2D eigenvalue weighted by molar-refractivity contribution is 0.0696. The number of carbonyl (C=O) groups is 1. The van der Waals surface area contributed by atoms with Crippen molar-refractivity contribution in [2.45, 2.75) is 26.4 Å². The molecule has 0 amide bonds. The Labute approximate surface area is 118 Å². The average molecular weight is 270 g/mol. The van der Waals surface area contributed by atoms with E-state index in [2.05, 4.69) is 19.9 Å². The van der Waals surface area contributed by atoms with Gasteiger partial charge in [0.25, 0.3) is 0 Å². The molecule has 3 nitrogen and oxygen atoms in total. The summed E-state index contributed by atoms with van der Waals surface area (Å²) >= 11 is 0. The van der Waals surface area contributed by atoms with Crippen LogP contribution < -0.4 is 4.74 Å². The highest BCUT2D eigenvalue weighted by Crippen LogP contribution is 2.21. The van der Waals surface area contributed by atoms with E-state index in [1.807, 2.05) is 24.3 Å². The smallest absolute Gasteiger partial charge is 0.335 e. The molecule has 20 heavy (non-hydrogen) atoms. The second-order valence-electron chi connectivity index (χ2n) is 5.02. The highest BCUT2D eigenvalue weighted by molar-refractivity contribution is 5.87. The van der Waals surface area contributed by atoms with E-state index in [1.165, 1.54) is 5.56 Å². The van der Waals surface area contributed by atoms with E-state index >= 15 is 0 Å². The predicted octanol–water partition coefficient (Wildman–Crippen LogP) is 4.09. The molecule has 2 rings (SSSR count). The highest BCUT2D eigenvalue weighted by atomic mass is 16.5. The monoisotopic (exact) mass is 270 g/mol. The van der Waals surface area contributed by atoms with Crippen molar-refractivity contribution >= 4 is 5.97 Å². The fourth-order valence-electron chi connectivity index (χ4n) is 1.92. The van der Waals surface area contributed by atoms with E-state index in [9.17, 15) is 4.79 Å². The zero-order chi connectivity index (χ0) is 14.5. The third-order valence-electron chi connectivity index (χ3n) is 3.10. The van der Waals surface area contributed by atoms with Crippen LogP contribution in [0, 0.1) is 0 Å². The summed E-state index contributed by atoms with van der Waals surface area (Å²) in [5.74, 6) is 0.333. The van der Waals surface area contributed by atoms with Crippen molar-refractivity contribution < 1.29 is 14.6 Å². The topological polar surface area (TPSA) is 46.5 Å². The first kappa shape index (κ1) is 14.1. The van der Waals surface area contributed by atoms with E-state index < -0.39 is 5.97 Å². The SMILES string of the molecule is CC(C)c1cccc(OCc2cccc(C(=O)O)c2)c1. The maximum absolute atomic E-state index is 10.9. The Morgan fingerprint density at radius 2 is 1.90 bits per heavy atom. The van der Waals surface area contributed by atoms with Crippen LogP contribution in [-0.2, 0) is 6.61 Å². The molecule has 0 aliphatic rings. The van der Waals surface area contributed by atoms with Gasteiger partial charge in [-0.1, -0.05) is 38.1 Å². The van der Waals surface area contributed by atoms with Gasteiger partial charge in [-0.05, 0) is 41.3 Å². The second-order valence-corrected chi connectivity index (χ2v) is 5.02. The van der Waals surface area contributed by atoms with Gasteiger partial charge in [-0.15, -0.1) is 0 Å². The fraction of sp³-hybridized carbons (Fsp3) is 0.235. The van der Waals surface area contributed by atoms with Gasteiger partial charge in [-0.25, -0.2) is 4.79 Å². The van der Waals surface area contributed by atoms with E-state index in [0.717, 1.165) is 11.3 Å². The van der Waals surface area contributed by atoms with Crippen molar-refractivity contribution in [1.29, 1.82) is 0 Å². The fourth-order valence-corrected chi connectivity index (χ4v) is 1.92. The number of hydrogen-bond acceptors (Lipinski definition) is 2. The Balaban J connectivity index is 2.07. The summed E-state index contributed by atoms with van der Waals surface area (Å²) in [6.45, 7) is 4.63. The summed E-state index contributed by atoms with van der Waals surface area (Å²) in [7, 11) is 0. The van der Waals surface area contributed by atoms with Crippen LogP contribution in [-0.4, -0.2) is 11.1 Å². The lowest BCUT2D eigenvalue weighted by Gasteiger charge is -2.10. The van der Waals surface area contributed by atoms with Crippen LogP contribution in [0.5, 0.6) is 5.75 Å². The van der Waals surface area contributed by atoms with Crippen LogP contribution in [0.15, 0.2) is 48.5 Å². The molecular weight excluding hydrogens is 252 g/mol. The van der Waals surface area contributed by atoms with Crippen LogP contribution in [0.4, 0.5) is 0 Å². The van der Waals surface area contributed by atoms with Gasteiger partial charge in [-0.3, -0.25) is 0 Å². The van der Waals surface area contributed by atoms with Gasteiger partial charge in [0.15, 0.2) is 0 Å². The van der Waals surface area contributed by atoms with Crippen molar-refractivity contribution in [2.75, 3.05) is 0 Å². The normalized spacial score (nSPS) is 10.6. The Morgan fingerprint density at radius 3 is 2.60 bits per heavy atom. The van der Waals surface area contributed by atoms with Gasteiger partial charge in [0.1, 0.15) is 12.4 Å². The molecule has 0 heterocycles. The third kappa shape index (κ3) is 3.60. The van der Waals surface area contributed by atoms with Gasteiger partial charge in [-0.2, -0.15) is 0 Å². The molecular formula is C17H18O3. The van der Waals surface area contributed by atoms with Gasteiger partial charge in [0.05, 0.1) is 5.56 Å². The van der Waals surface area contributed by atoms with Crippen LogP contribution in [0.1, 0.15) is 41.3 Å². The Kier molecular flexibility index (Phi) is 4.41. The largest absolute Gasteiger partial charge is 0.489 e. The zero-order valence-electron chi connectivity index (χ0n) is 11.7. The Bertz CT molecular complexity index is 603. The van der Waals surface area contributed by atoms with Crippen LogP contribution >= 0.6 is 0 Å². The summed E-state index contributed by atoms with van der Waals surface area (Å²) in [6.07, 6.45) is 0. The summed E-state index contributed by atoms with van der Waals surface area (Å²) in [5, 5.41) is 8.95. The number of hydrogen-bond donors (Lipinski definition) is 1. The van der Waals surface area contributed by atoms with E-state index in [4.69, 9.17) is 9.84 Å². The maximum atomic E-state index is 10.9. The van der Waals surface area contributed by atoms with Gasteiger partial charge in [0, 0.05) is 0 Å². The molecule has 0 atom stereocenters. The second kappa shape index (κ2) is 6.24. The minimum Gasteiger partial charge on any atom is -0.489 e. The molecule has 0 radical (unpaired) electrons. The summed E-state index contributed by atoms with van der Waals surface area (Å²) in [6, 6.07) is 14.8. The maximum Gasteiger partial charge on any atom is 0.335 e. The molecule has 0 aliphatic carbocycles. The van der Waals surface area contributed by atoms with Gasteiger partial charge in [0.2, 0.25) is 0 Å². The number of carboxylic acid groups (broad SMARTS) is 1. The van der Waals surface area contributed by atoms with Crippen molar-refractivity contribution in [2.24, 2.45) is 0 Å². The van der Waals surface area contributed by atoms with Gasteiger partial charge >= 0.3 is 5.97 Å². The number of ether oxygens (including phenoxy) is 1. The van der Waals surface area contributed by atoms with E-state index in [0.29, 0.717) is 12.5 Å². The quantitative estimate of drug-likeness (QED) is 0.890. The lowest BCUT2D eigenvalue weighted by Crippen LogP contribution is -2.00. The number of aromatic carboxylic acids is 1. The zero-order valence-corrected chi connectivity index (χ0v) is 11.7. The first-order valence-corrected chi connectivity index (χ1v) is 6.61. The van der Waals surface area contributed by atoms with Crippen molar-refractivity contribution in [3.05, 3.63) is 65.2 Å². The third-order valence-corrected chi connectivity index (χ3v) is 3.10. The molecule has 0 spiro atoms. The van der Waals surface area contributed by atoms with Crippen LogP contribution in [0.3, 0.4) is 0 Å². The van der Waals surface area contributed by atoms with E-state index in [1.54, 1.807) is 18.2 Å². The average Bonchev–Trinajstić information content (AvgIpc) is 2.45. The summed E-state index contributed by atoms with van der Waals surface area (Å²) in [5.41, 5.74) is 2.35. The number of benzene rings is 2. The number of carboxylic acids is 1. The predicted molar refractivity (Wildman–Crippen MR) is 78.3 cm³/mol. The molecule has 0 saturated carbocycles. The molecule has 2 aromatic carbocycles. The Morgan fingerprint density at radius 1 is 1.15 bits per heavy atom. The van der Waals surface area contributed by atoms with Crippen molar-refractivity contribution in [1.82, 2.24) is 0 Å². The Hall–Kier alpha value is -2.29. The summed E-state index contributed by atoms with van der Waals surface area (Å²) < 4.78 is 5.72. The first-order chi connectivity index (χ1) is 9.56. The molecule has 1 N–H and O–H groups in total. The molecule has 0 bridgehead atoms. The molecule has 2 aromatic rings. The molecule has 0 unspecified atom stereocenters. The number of rotatable bonds is 5. The summed E-state index contributed by atoms with van der Waals surface area (Å²) in [4.78, 5) is 10.9. The first-order valence-electron chi connectivity index (χ1n) is 6.61. The molecule has 0 aliphatic heterocycles. The standard InChI is InChI=1S/C17H18O3/c1-12(2)14-6-4-8-16(10-14)20-11-13-5-3-7-15(9-13)17(18)19/h3-10,12H,11H2,1-2H3,(H,18,19). The molecule has 0 saturated heterocycles. The van der Waals surface area contributed by atoms with Crippen molar-refractivity contribution in [3.63, 3.8) is 0 Å². The minimum absolute atomic E-state index is 0.280. The van der Waals surface area contributed by atoms with Crippen LogP contribution in [0.2, 0.25) is 0 Å². The van der Waals surface area contributed by atoms with Gasteiger partial charge < -0.3 is 9.84 Å². The lowest BCUT2D eigenvalue weighted by atomic mass is 10.0. The molecule has 0 aromatic heterocycles. The van der Waals surface area contributed by atoms with E-state index in [-0.39, 0.29) is 5.56 Å². The van der Waals surface area contributed by atoms with Crippen molar-refractivity contribution in [3.8, 4) is 5.75 Å². The van der Waals surface area contributed by atoms with Crippen LogP contribution in [0.25, 0.3) is 0 Å². The highest BCUT2D eigenvalue weighted by Gasteiger charge is 2.05. The minimum atomic E-state index is -0.923. The molecule has 104 valence electrons. The molecule has 0 fully saturated rings. The molecule has 3 heteroatoms.